The van der Waals surface area contributed by atoms with Crippen LogP contribution in [0.5, 0.6) is 0 Å². The van der Waals surface area contributed by atoms with Crippen molar-refractivity contribution in [3.8, 4) is 5.69 Å². The van der Waals surface area contributed by atoms with Gasteiger partial charge in [-0.15, -0.1) is 0 Å². The van der Waals surface area contributed by atoms with Gasteiger partial charge in [-0.05, 0) is 32.4 Å². The van der Waals surface area contributed by atoms with Crippen LogP contribution in [0.25, 0.3) is 5.69 Å². The van der Waals surface area contributed by atoms with Gasteiger partial charge in [-0.1, -0.05) is 25.1 Å². The molecule has 114 valence electrons. The van der Waals surface area contributed by atoms with Crippen LogP contribution in [0, 0.1) is 0 Å². The highest BCUT2D eigenvalue weighted by Gasteiger charge is 2.38. The van der Waals surface area contributed by atoms with Crippen molar-refractivity contribution < 1.29 is 8.42 Å². The molecule has 1 heterocycles. The Morgan fingerprint density at radius 1 is 1.24 bits per heavy atom. The van der Waals surface area contributed by atoms with E-state index >= 15 is 0 Å². The molecular weight excluding hydrogens is 286 g/mol. The third-order valence-electron chi connectivity index (χ3n) is 3.87. The van der Waals surface area contributed by atoms with Crippen LogP contribution in [0.3, 0.4) is 0 Å². The summed E-state index contributed by atoms with van der Waals surface area (Å²) in [6, 6.07) is 9.47. The number of hydrogen-bond donors (Lipinski definition) is 1. The molecule has 0 unspecified atom stereocenters. The Morgan fingerprint density at radius 2 is 1.81 bits per heavy atom. The number of anilines is 1. The highest BCUT2D eigenvalue weighted by Crippen LogP contribution is 2.34. The number of nitrogens with zero attached hydrogens (tertiary/aromatic N) is 2. The fourth-order valence-electron chi connectivity index (χ4n) is 2.24. The van der Waals surface area contributed by atoms with Gasteiger partial charge in [0.15, 0.2) is 9.84 Å². The summed E-state index contributed by atoms with van der Waals surface area (Å²) in [5.41, 5.74) is 8.32. The first kappa shape index (κ1) is 15.6. The van der Waals surface area contributed by atoms with Gasteiger partial charge in [0.1, 0.15) is 10.6 Å². The summed E-state index contributed by atoms with van der Waals surface area (Å²) >= 11 is 0. The van der Waals surface area contributed by atoms with E-state index in [9.17, 15) is 8.42 Å². The molecule has 0 atom stereocenters. The number of nitrogens with two attached hydrogens (primary N) is 1. The first-order chi connectivity index (χ1) is 9.70. The SMILES string of the molecule is CCc1c(C(C)(C)S(C)(=O)=O)nn(-c2ccccc2)c1N. The average molecular weight is 307 g/mol. The quantitative estimate of drug-likeness (QED) is 0.940. The monoisotopic (exact) mass is 307 g/mol. The molecule has 0 aliphatic carbocycles. The zero-order valence-corrected chi connectivity index (χ0v) is 13.6. The van der Waals surface area contributed by atoms with E-state index in [1.54, 1.807) is 18.5 Å². The molecule has 0 bridgehead atoms. The van der Waals surface area contributed by atoms with Gasteiger partial charge in [-0.25, -0.2) is 13.1 Å². The van der Waals surface area contributed by atoms with Crippen LogP contribution in [-0.2, 0) is 21.0 Å². The molecule has 0 aliphatic heterocycles. The van der Waals surface area contributed by atoms with Crippen molar-refractivity contribution in [1.29, 1.82) is 0 Å². The fraction of sp³-hybridized carbons (Fsp3) is 0.400. The molecule has 2 aromatic rings. The number of sulfone groups is 1. The molecular formula is C15H21N3O2S. The standard InChI is InChI=1S/C15H21N3O2S/c1-5-12-13(15(2,3)21(4,19)20)17-18(14(12)16)11-9-7-6-8-10-11/h6-10H,5,16H2,1-4H3. The first-order valence-electron chi connectivity index (χ1n) is 6.83. The second kappa shape index (κ2) is 5.18. The molecule has 0 amide bonds. The van der Waals surface area contributed by atoms with E-state index in [-0.39, 0.29) is 0 Å². The highest BCUT2D eigenvalue weighted by molar-refractivity contribution is 7.91. The van der Waals surface area contributed by atoms with Gasteiger partial charge in [0.05, 0.1) is 11.4 Å². The lowest BCUT2D eigenvalue weighted by Crippen LogP contribution is -2.29. The zero-order valence-electron chi connectivity index (χ0n) is 12.8. The van der Waals surface area contributed by atoms with Gasteiger partial charge in [-0.2, -0.15) is 5.10 Å². The minimum Gasteiger partial charge on any atom is -0.383 e. The number of rotatable bonds is 4. The Morgan fingerprint density at radius 3 is 2.29 bits per heavy atom. The van der Waals surface area contributed by atoms with Crippen molar-refractivity contribution in [3.63, 3.8) is 0 Å². The predicted molar refractivity (Wildman–Crippen MR) is 85.2 cm³/mol. The van der Waals surface area contributed by atoms with Crippen LogP contribution in [0.15, 0.2) is 30.3 Å². The normalized spacial score (nSPS) is 12.6. The van der Waals surface area contributed by atoms with E-state index in [1.165, 1.54) is 6.26 Å². The molecule has 0 saturated carbocycles. The van der Waals surface area contributed by atoms with Crippen LogP contribution >= 0.6 is 0 Å². The van der Waals surface area contributed by atoms with Crippen molar-refractivity contribution in [2.75, 3.05) is 12.0 Å². The molecule has 0 spiro atoms. The average Bonchev–Trinajstić information content (AvgIpc) is 2.76. The number of para-hydroxylation sites is 1. The van der Waals surface area contributed by atoms with Gasteiger partial charge < -0.3 is 5.73 Å². The molecule has 0 aliphatic rings. The minimum absolute atomic E-state index is 0.496. The predicted octanol–water partition coefficient (Wildman–Crippen LogP) is 2.30. The molecule has 2 rings (SSSR count). The van der Waals surface area contributed by atoms with E-state index in [2.05, 4.69) is 5.10 Å². The van der Waals surface area contributed by atoms with Gasteiger partial charge in [0.25, 0.3) is 0 Å². The lowest BCUT2D eigenvalue weighted by molar-refractivity contribution is 0.553. The third-order valence-corrected chi connectivity index (χ3v) is 5.92. The van der Waals surface area contributed by atoms with Crippen molar-refractivity contribution in [2.45, 2.75) is 31.9 Å². The van der Waals surface area contributed by atoms with Crippen molar-refractivity contribution in [1.82, 2.24) is 9.78 Å². The van der Waals surface area contributed by atoms with E-state index < -0.39 is 14.6 Å². The van der Waals surface area contributed by atoms with Crippen LogP contribution in [0.1, 0.15) is 32.0 Å². The van der Waals surface area contributed by atoms with Crippen LogP contribution < -0.4 is 5.73 Å². The maximum atomic E-state index is 12.1. The first-order valence-corrected chi connectivity index (χ1v) is 8.72. The van der Waals surface area contributed by atoms with Gasteiger partial charge >= 0.3 is 0 Å². The topological polar surface area (TPSA) is 78.0 Å². The van der Waals surface area contributed by atoms with E-state index in [1.807, 2.05) is 37.3 Å². The second-order valence-corrected chi connectivity index (χ2v) is 8.16. The lowest BCUT2D eigenvalue weighted by Gasteiger charge is -2.21. The van der Waals surface area contributed by atoms with E-state index in [0.717, 1.165) is 11.3 Å². The summed E-state index contributed by atoms with van der Waals surface area (Å²) in [5.74, 6) is 0.496. The number of hydrogen-bond acceptors (Lipinski definition) is 4. The molecule has 2 N–H and O–H groups in total. The molecule has 21 heavy (non-hydrogen) atoms. The molecule has 1 aromatic carbocycles. The van der Waals surface area contributed by atoms with Crippen LogP contribution in [0.4, 0.5) is 5.82 Å². The van der Waals surface area contributed by atoms with Gasteiger partial charge in [-0.3, -0.25) is 0 Å². The Hall–Kier alpha value is -1.82. The van der Waals surface area contributed by atoms with Crippen LogP contribution in [0.2, 0.25) is 0 Å². The number of benzene rings is 1. The molecule has 0 fully saturated rings. The van der Waals surface area contributed by atoms with Crippen molar-refractivity contribution in [3.05, 3.63) is 41.6 Å². The zero-order chi connectivity index (χ0) is 15.8. The van der Waals surface area contributed by atoms with E-state index in [0.29, 0.717) is 17.9 Å². The summed E-state index contributed by atoms with van der Waals surface area (Å²) in [5, 5.41) is 4.50. The van der Waals surface area contributed by atoms with Gasteiger partial charge in [0, 0.05) is 11.8 Å². The number of aromatic nitrogens is 2. The summed E-state index contributed by atoms with van der Waals surface area (Å²) in [7, 11) is -3.31. The Labute approximate surface area is 125 Å². The van der Waals surface area contributed by atoms with Crippen molar-refractivity contribution >= 4 is 15.7 Å². The lowest BCUT2D eigenvalue weighted by atomic mass is 10.0. The fourth-order valence-corrected chi connectivity index (χ4v) is 2.75. The van der Waals surface area contributed by atoms with Crippen LogP contribution in [-0.4, -0.2) is 24.5 Å². The summed E-state index contributed by atoms with van der Waals surface area (Å²) in [6.45, 7) is 5.28. The Kier molecular flexibility index (Phi) is 3.84. The van der Waals surface area contributed by atoms with Crippen molar-refractivity contribution in [2.24, 2.45) is 0 Å². The second-order valence-electron chi connectivity index (χ2n) is 5.60. The molecule has 0 radical (unpaired) electrons. The molecule has 1 aromatic heterocycles. The summed E-state index contributed by atoms with van der Waals surface area (Å²) in [4.78, 5) is 0. The Balaban J connectivity index is 2.71. The minimum atomic E-state index is -3.31. The summed E-state index contributed by atoms with van der Waals surface area (Å²) < 4.78 is 24.7. The molecule has 6 heteroatoms. The largest absolute Gasteiger partial charge is 0.383 e. The molecule has 5 nitrogen and oxygen atoms in total. The number of nitrogen functional groups attached to an aromatic ring is 1. The maximum Gasteiger partial charge on any atom is 0.158 e. The highest BCUT2D eigenvalue weighted by atomic mass is 32.2. The Bertz CT molecular complexity index is 747. The third kappa shape index (κ3) is 2.55. The molecule has 0 saturated heterocycles. The van der Waals surface area contributed by atoms with Gasteiger partial charge in [0.2, 0.25) is 0 Å². The smallest absolute Gasteiger partial charge is 0.158 e. The maximum absolute atomic E-state index is 12.1. The summed E-state index contributed by atoms with van der Waals surface area (Å²) in [6.07, 6.45) is 1.86. The van der Waals surface area contributed by atoms with E-state index in [4.69, 9.17) is 5.73 Å².